The molecular formula is C17H21NO4S. The van der Waals surface area contributed by atoms with Crippen LogP contribution in [0.5, 0.6) is 0 Å². The predicted molar refractivity (Wildman–Crippen MR) is 92.1 cm³/mol. The number of amides is 1. The second-order valence-electron chi connectivity index (χ2n) is 6.14. The summed E-state index contributed by atoms with van der Waals surface area (Å²) in [6, 6.07) is 12.5. The minimum absolute atomic E-state index is 0.199. The zero-order valence-corrected chi connectivity index (χ0v) is 14.6. The van der Waals surface area contributed by atoms with Crippen LogP contribution in [0.2, 0.25) is 0 Å². The van der Waals surface area contributed by atoms with Crippen molar-refractivity contribution in [3.8, 4) is 0 Å². The zero-order chi connectivity index (χ0) is 17.3. The van der Waals surface area contributed by atoms with Crippen LogP contribution in [-0.4, -0.2) is 25.9 Å². The molecule has 0 atom stereocenters. The molecule has 0 bridgehead atoms. The second kappa shape index (κ2) is 6.20. The SMILES string of the molecule is CCS(=O)(=O)N(C(=O)OC(C)(C)C)c1cccc2ccccc12. The van der Waals surface area contributed by atoms with E-state index in [1.54, 1.807) is 45.0 Å². The number of rotatable bonds is 3. The molecule has 0 radical (unpaired) electrons. The standard InChI is InChI=1S/C17H21NO4S/c1-5-23(20,21)18(16(19)22-17(2,3)4)15-12-8-10-13-9-6-7-11-14(13)15/h6-12H,5H2,1-4H3. The lowest BCUT2D eigenvalue weighted by atomic mass is 10.1. The fraction of sp³-hybridized carbons (Fsp3) is 0.353. The van der Waals surface area contributed by atoms with Crippen LogP contribution in [0.3, 0.4) is 0 Å². The van der Waals surface area contributed by atoms with Gasteiger partial charge in [-0.25, -0.2) is 13.2 Å². The van der Waals surface area contributed by atoms with E-state index in [0.717, 1.165) is 9.69 Å². The second-order valence-corrected chi connectivity index (χ2v) is 8.25. The van der Waals surface area contributed by atoms with E-state index in [1.807, 2.05) is 18.2 Å². The van der Waals surface area contributed by atoms with Gasteiger partial charge in [0.15, 0.2) is 0 Å². The highest BCUT2D eigenvalue weighted by atomic mass is 32.2. The molecule has 5 nitrogen and oxygen atoms in total. The van der Waals surface area contributed by atoms with Crippen LogP contribution in [0.1, 0.15) is 27.7 Å². The van der Waals surface area contributed by atoms with Crippen molar-refractivity contribution in [1.29, 1.82) is 0 Å². The molecule has 0 aliphatic rings. The molecule has 0 fully saturated rings. The van der Waals surface area contributed by atoms with Crippen molar-refractivity contribution in [2.24, 2.45) is 0 Å². The van der Waals surface area contributed by atoms with E-state index < -0.39 is 21.7 Å². The summed E-state index contributed by atoms with van der Waals surface area (Å²) in [5.41, 5.74) is -0.484. The number of hydrogen-bond donors (Lipinski definition) is 0. The van der Waals surface area contributed by atoms with Crippen LogP contribution in [-0.2, 0) is 14.8 Å². The molecule has 23 heavy (non-hydrogen) atoms. The first-order valence-corrected chi connectivity index (χ1v) is 9.00. The number of fused-ring (bicyclic) bond motifs is 1. The van der Waals surface area contributed by atoms with Crippen molar-refractivity contribution in [2.45, 2.75) is 33.3 Å². The van der Waals surface area contributed by atoms with Gasteiger partial charge in [-0.15, -0.1) is 0 Å². The van der Waals surface area contributed by atoms with Crippen molar-refractivity contribution in [2.75, 3.05) is 10.1 Å². The van der Waals surface area contributed by atoms with E-state index in [4.69, 9.17) is 4.74 Å². The van der Waals surface area contributed by atoms with Gasteiger partial charge < -0.3 is 4.74 Å². The Morgan fingerprint density at radius 3 is 2.30 bits per heavy atom. The Morgan fingerprint density at radius 1 is 1.09 bits per heavy atom. The number of benzene rings is 2. The molecule has 0 unspecified atom stereocenters. The van der Waals surface area contributed by atoms with Crippen molar-refractivity contribution in [3.63, 3.8) is 0 Å². The van der Waals surface area contributed by atoms with Crippen LogP contribution in [0, 0.1) is 0 Å². The summed E-state index contributed by atoms with van der Waals surface area (Å²) in [6.07, 6.45) is -0.893. The normalized spacial score (nSPS) is 12.2. The summed E-state index contributed by atoms with van der Waals surface area (Å²) in [6.45, 7) is 6.60. The van der Waals surface area contributed by atoms with Gasteiger partial charge in [0, 0.05) is 5.39 Å². The summed E-state index contributed by atoms with van der Waals surface area (Å²) in [5, 5.41) is 1.53. The van der Waals surface area contributed by atoms with Crippen LogP contribution in [0.4, 0.5) is 10.5 Å². The van der Waals surface area contributed by atoms with Gasteiger partial charge in [-0.05, 0) is 39.1 Å². The van der Waals surface area contributed by atoms with E-state index in [-0.39, 0.29) is 5.75 Å². The van der Waals surface area contributed by atoms with Crippen molar-refractivity contribution < 1.29 is 17.9 Å². The number of hydrogen-bond acceptors (Lipinski definition) is 4. The Labute approximate surface area is 136 Å². The number of ether oxygens (including phenoxy) is 1. The maximum absolute atomic E-state index is 12.5. The highest BCUT2D eigenvalue weighted by molar-refractivity contribution is 7.93. The maximum atomic E-state index is 12.5. The first-order valence-electron chi connectivity index (χ1n) is 7.39. The molecule has 0 saturated carbocycles. The number of carbonyl (C=O) groups excluding carboxylic acids is 1. The fourth-order valence-electron chi connectivity index (χ4n) is 2.18. The molecule has 1 amide bonds. The molecule has 0 aliphatic carbocycles. The highest BCUT2D eigenvalue weighted by Gasteiger charge is 2.33. The molecule has 2 rings (SSSR count). The molecule has 124 valence electrons. The van der Waals surface area contributed by atoms with Gasteiger partial charge in [0.1, 0.15) is 5.60 Å². The molecule has 2 aromatic rings. The Morgan fingerprint density at radius 2 is 1.70 bits per heavy atom. The van der Waals surface area contributed by atoms with Gasteiger partial charge in [0.25, 0.3) is 0 Å². The Bertz CT molecular complexity index is 817. The molecule has 6 heteroatoms. The third-order valence-electron chi connectivity index (χ3n) is 3.19. The zero-order valence-electron chi connectivity index (χ0n) is 13.7. The molecule has 0 saturated heterocycles. The molecule has 0 N–H and O–H groups in total. The van der Waals surface area contributed by atoms with Gasteiger partial charge in [-0.3, -0.25) is 0 Å². The largest absolute Gasteiger partial charge is 0.443 e. The van der Waals surface area contributed by atoms with Crippen LogP contribution in [0.15, 0.2) is 42.5 Å². The van der Waals surface area contributed by atoms with Gasteiger partial charge in [0.2, 0.25) is 10.0 Å². The summed E-state index contributed by atoms with van der Waals surface area (Å²) in [5.74, 6) is -0.199. The number of carbonyl (C=O) groups is 1. The first kappa shape index (κ1) is 17.3. The molecule has 2 aromatic carbocycles. The smallest absolute Gasteiger partial charge is 0.428 e. The number of nitrogens with zero attached hydrogens (tertiary/aromatic N) is 1. The summed E-state index contributed by atoms with van der Waals surface area (Å²) in [4.78, 5) is 12.5. The average molecular weight is 335 g/mol. The van der Waals surface area contributed by atoms with Crippen molar-refractivity contribution in [3.05, 3.63) is 42.5 Å². The Balaban J connectivity index is 2.64. The van der Waals surface area contributed by atoms with Crippen LogP contribution in [0.25, 0.3) is 10.8 Å². The van der Waals surface area contributed by atoms with E-state index in [9.17, 15) is 13.2 Å². The first-order chi connectivity index (χ1) is 10.7. The molecular weight excluding hydrogens is 314 g/mol. The van der Waals surface area contributed by atoms with E-state index in [0.29, 0.717) is 11.1 Å². The third kappa shape index (κ3) is 3.82. The monoisotopic (exact) mass is 335 g/mol. The minimum atomic E-state index is -3.82. The Hall–Kier alpha value is -2.08. The quantitative estimate of drug-likeness (QED) is 0.852. The molecule has 0 aliphatic heterocycles. The van der Waals surface area contributed by atoms with Gasteiger partial charge in [-0.1, -0.05) is 36.4 Å². The molecule has 0 spiro atoms. The molecule has 0 heterocycles. The molecule has 0 aromatic heterocycles. The van der Waals surface area contributed by atoms with E-state index in [1.165, 1.54) is 6.92 Å². The lowest BCUT2D eigenvalue weighted by Crippen LogP contribution is -2.41. The minimum Gasteiger partial charge on any atom is -0.443 e. The van der Waals surface area contributed by atoms with Crippen molar-refractivity contribution >= 4 is 32.6 Å². The number of sulfonamides is 1. The van der Waals surface area contributed by atoms with Crippen LogP contribution >= 0.6 is 0 Å². The average Bonchev–Trinajstić information content (AvgIpc) is 2.45. The Kier molecular flexibility index (Phi) is 4.66. The third-order valence-corrected chi connectivity index (χ3v) is 4.82. The lowest BCUT2D eigenvalue weighted by molar-refractivity contribution is 0.0609. The van der Waals surface area contributed by atoms with Gasteiger partial charge in [0.05, 0.1) is 11.4 Å². The topological polar surface area (TPSA) is 63.7 Å². The predicted octanol–water partition coefficient (Wildman–Crippen LogP) is 3.93. The van der Waals surface area contributed by atoms with E-state index >= 15 is 0 Å². The van der Waals surface area contributed by atoms with Gasteiger partial charge in [-0.2, -0.15) is 4.31 Å². The van der Waals surface area contributed by atoms with Crippen molar-refractivity contribution in [1.82, 2.24) is 0 Å². The highest BCUT2D eigenvalue weighted by Crippen LogP contribution is 2.30. The summed E-state index contributed by atoms with van der Waals surface area (Å²) >= 11 is 0. The summed E-state index contributed by atoms with van der Waals surface area (Å²) < 4.78 is 31.1. The van der Waals surface area contributed by atoms with Crippen LogP contribution < -0.4 is 4.31 Å². The lowest BCUT2D eigenvalue weighted by Gasteiger charge is -2.27. The van der Waals surface area contributed by atoms with Gasteiger partial charge >= 0.3 is 6.09 Å². The number of anilines is 1. The summed E-state index contributed by atoms with van der Waals surface area (Å²) in [7, 11) is -3.82. The van der Waals surface area contributed by atoms with E-state index in [2.05, 4.69) is 0 Å². The maximum Gasteiger partial charge on any atom is 0.428 e. The fourth-order valence-corrected chi connectivity index (χ4v) is 3.16.